The first-order chi connectivity index (χ1) is 16.5. The van der Waals surface area contributed by atoms with Crippen LogP contribution in [0.1, 0.15) is 21.5 Å². The third kappa shape index (κ3) is 4.99. The Morgan fingerprint density at radius 3 is 2.35 bits per heavy atom. The molecule has 4 rings (SSSR count). The summed E-state index contributed by atoms with van der Waals surface area (Å²) in [5, 5.41) is 10.3. The van der Waals surface area contributed by atoms with Crippen molar-refractivity contribution >= 4 is 17.5 Å². The normalized spacial score (nSPS) is 10.6. The summed E-state index contributed by atoms with van der Waals surface area (Å²) in [4.78, 5) is 25.7. The van der Waals surface area contributed by atoms with Gasteiger partial charge in [-0.25, -0.2) is 4.68 Å². The second-order valence-corrected chi connectivity index (χ2v) is 7.90. The first-order valence-electron chi connectivity index (χ1n) is 10.9. The summed E-state index contributed by atoms with van der Waals surface area (Å²) < 4.78 is 6.99. The standard InChI is InChI=1S/C27H26N4O3/c1-18-9-7-10-19(2)25(18)29-24(32)16-28-27(33)23-17-31(21-12-5-4-6-13-21)30-26(23)20-11-8-14-22(15-20)34-3/h4-15,17H,16H2,1-3H3,(H,28,33)(H,29,32). The first-order valence-corrected chi connectivity index (χ1v) is 10.9. The van der Waals surface area contributed by atoms with Crippen molar-refractivity contribution < 1.29 is 14.3 Å². The van der Waals surface area contributed by atoms with Crippen LogP contribution < -0.4 is 15.4 Å². The minimum atomic E-state index is -0.392. The van der Waals surface area contributed by atoms with Crippen LogP contribution in [0.3, 0.4) is 0 Å². The zero-order valence-electron chi connectivity index (χ0n) is 19.3. The van der Waals surface area contributed by atoms with Crippen LogP contribution in [0.4, 0.5) is 5.69 Å². The number of methoxy groups -OCH3 is 1. The number of nitrogens with one attached hydrogen (secondary N) is 2. The number of benzene rings is 3. The summed E-state index contributed by atoms with van der Waals surface area (Å²) in [7, 11) is 1.59. The lowest BCUT2D eigenvalue weighted by atomic mass is 10.1. The van der Waals surface area contributed by atoms with Crippen LogP contribution in [0.5, 0.6) is 5.75 Å². The van der Waals surface area contributed by atoms with Gasteiger partial charge in [0.1, 0.15) is 11.4 Å². The zero-order valence-corrected chi connectivity index (χ0v) is 19.3. The molecule has 0 spiro atoms. The van der Waals surface area contributed by atoms with Crippen LogP contribution in [0, 0.1) is 13.8 Å². The van der Waals surface area contributed by atoms with E-state index in [1.807, 2.05) is 86.6 Å². The summed E-state index contributed by atoms with van der Waals surface area (Å²) in [5.74, 6) is -0.0353. The highest BCUT2D eigenvalue weighted by Crippen LogP contribution is 2.27. The molecular formula is C27H26N4O3. The van der Waals surface area contributed by atoms with Crippen molar-refractivity contribution in [3.8, 4) is 22.7 Å². The SMILES string of the molecule is COc1cccc(-c2nn(-c3ccccc3)cc2C(=O)NCC(=O)Nc2c(C)cccc2C)c1. The van der Waals surface area contributed by atoms with E-state index >= 15 is 0 Å². The lowest BCUT2D eigenvalue weighted by Gasteiger charge is -2.12. The van der Waals surface area contributed by atoms with Gasteiger partial charge in [-0.15, -0.1) is 0 Å². The molecule has 1 heterocycles. The Morgan fingerprint density at radius 1 is 0.941 bits per heavy atom. The third-order valence-corrected chi connectivity index (χ3v) is 5.48. The van der Waals surface area contributed by atoms with Crippen molar-refractivity contribution in [2.24, 2.45) is 0 Å². The highest BCUT2D eigenvalue weighted by Gasteiger charge is 2.20. The number of carbonyl (C=O) groups is 2. The van der Waals surface area contributed by atoms with Crippen LogP contribution in [0.25, 0.3) is 16.9 Å². The monoisotopic (exact) mass is 454 g/mol. The minimum absolute atomic E-state index is 0.166. The van der Waals surface area contributed by atoms with E-state index in [4.69, 9.17) is 4.74 Å². The molecule has 0 aliphatic rings. The van der Waals surface area contributed by atoms with Gasteiger partial charge in [-0.05, 0) is 49.2 Å². The van der Waals surface area contributed by atoms with Crippen molar-refractivity contribution in [2.45, 2.75) is 13.8 Å². The van der Waals surface area contributed by atoms with E-state index in [2.05, 4.69) is 15.7 Å². The van der Waals surface area contributed by atoms with Gasteiger partial charge in [0.25, 0.3) is 5.91 Å². The van der Waals surface area contributed by atoms with Crippen LogP contribution in [-0.4, -0.2) is 35.2 Å². The Labute approximate surface area is 198 Å². The lowest BCUT2D eigenvalue weighted by Crippen LogP contribution is -2.33. The molecule has 1 aromatic heterocycles. The summed E-state index contributed by atoms with van der Waals surface area (Å²) in [5.41, 5.74) is 5.09. The number of amides is 2. The Kier molecular flexibility index (Phi) is 6.73. The molecule has 2 N–H and O–H groups in total. The molecule has 0 aliphatic carbocycles. The van der Waals surface area contributed by atoms with Gasteiger partial charge in [0.15, 0.2) is 0 Å². The Balaban J connectivity index is 1.58. The molecule has 0 atom stereocenters. The van der Waals surface area contributed by atoms with Crippen LogP contribution in [0.2, 0.25) is 0 Å². The van der Waals surface area contributed by atoms with E-state index in [0.29, 0.717) is 17.0 Å². The summed E-state index contributed by atoms with van der Waals surface area (Å²) >= 11 is 0. The van der Waals surface area contributed by atoms with Gasteiger partial charge in [0.05, 0.1) is 24.9 Å². The largest absolute Gasteiger partial charge is 0.497 e. The molecule has 34 heavy (non-hydrogen) atoms. The van der Waals surface area contributed by atoms with Gasteiger partial charge in [-0.1, -0.05) is 48.5 Å². The molecule has 7 heteroatoms. The highest BCUT2D eigenvalue weighted by atomic mass is 16.5. The Hall–Kier alpha value is -4.39. The fraction of sp³-hybridized carbons (Fsp3) is 0.148. The predicted octanol–water partition coefficient (Wildman–Crippen LogP) is 4.53. The number of para-hydroxylation sites is 2. The van der Waals surface area contributed by atoms with Crippen molar-refractivity contribution in [1.29, 1.82) is 0 Å². The maximum atomic E-state index is 13.2. The molecule has 0 saturated heterocycles. The fourth-order valence-electron chi connectivity index (χ4n) is 3.69. The van der Waals surface area contributed by atoms with Crippen molar-refractivity contribution in [3.63, 3.8) is 0 Å². The third-order valence-electron chi connectivity index (χ3n) is 5.48. The number of hydrogen-bond donors (Lipinski definition) is 2. The molecule has 4 aromatic rings. The molecule has 7 nitrogen and oxygen atoms in total. The molecule has 0 saturated carbocycles. The number of anilines is 1. The van der Waals surface area contributed by atoms with Crippen molar-refractivity contribution in [2.75, 3.05) is 19.0 Å². The van der Waals surface area contributed by atoms with E-state index < -0.39 is 5.91 Å². The number of carbonyl (C=O) groups excluding carboxylic acids is 2. The molecule has 172 valence electrons. The number of hydrogen-bond acceptors (Lipinski definition) is 4. The molecule has 3 aromatic carbocycles. The van der Waals surface area contributed by atoms with Gasteiger partial charge < -0.3 is 15.4 Å². The Morgan fingerprint density at radius 2 is 1.65 bits per heavy atom. The highest BCUT2D eigenvalue weighted by molar-refractivity contribution is 6.03. The number of aromatic nitrogens is 2. The second kappa shape index (κ2) is 10.0. The second-order valence-electron chi connectivity index (χ2n) is 7.90. The average molecular weight is 455 g/mol. The van der Waals surface area contributed by atoms with Crippen LogP contribution in [-0.2, 0) is 4.79 Å². The van der Waals surface area contributed by atoms with Crippen molar-refractivity contribution in [3.05, 3.63) is 95.7 Å². The summed E-state index contributed by atoms with van der Waals surface area (Å²) in [6, 6.07) is 22.7. The predicted molar refractivity (Wildman–Crippen MR) is 132 cm³/mol. The summed E-state index contributed by atoms with van der Waals surface area (Å²) in [6.45, 7) is 3.69. The molecule has 0 unspecified atom stereocenters. The number of nitrogens with zero attached hydrogens (tertiary/aromatic N) is 2. The molecule has 0 fully saturated rings. The average Bonchev–Trinajstić information content (AvgIpc) is 3.31. The van der Waals surface area contributed by atoms with Crippen LogP contribution >= 0.6 is 0 Å². The van der Waals surface area contributed by atoms with E-state index in [0.717, 1.165) is 28.1 Å². The van der Waals surface area contributed by atoms with E-state index in [-0.39, 0.29) is 12.5 Å². The molecule has 0 aliphatic heterocycles. The maximum absolute atomic E-state index is 13.2. The van der Waals surface area contributed by atoms with E-state index in [9.17, 15) is 9.59 Å². The molecule has 2 amide bonds. The molecular weight excluding hydrogens is 428 g/mol. The van der Waals surface area contributed by atoms with E-state index in [1.165, 1.54) is 0 Å². The van der Waals surface area contributed by atoms with Gasteiger partial charge in [-0.3, -0.25) is 9.59 Å². The number of ether oxygens (including phenoxy) is 1. The van der Waals surface area contributed by atoms with Gasteiger partial charge >= 0.3 is 0 Å². The van der Waals surface area contributed by atoms with Gasteiger partial charge in [0, 0.05) is 17.4 Å². The first kappa shape index (κ1) is 22.8. The van der Waals surface area contributed by atoms with Gasteiger partial charge in [-0.2, -0.15) is 5.10 Å². The fourth-order valence-corrected chi connectivity index (χ4v) is 3.69. The topological polar surface area (TPSA) is 85.2 Å². The van der Waals surface area contributed by atoms with Crippen LogP contribution in [0.15, 0.2) is 79.0 Å². The number of rotatable bonds is 7. The van der Waals surface area contributed by atoms with E-state index in [1.54, 1.807) is 18.0 Å². The maximum Gasteiger partial charge on any atom is 0.255 e. The molecule has 0 bridgehead atoms. The minimum Gasteiger partial charge on any atom is -0.497 e. The summed E-state index contributed by atoms with van der Waals surface area (Å²) in [6.07, 6.45) is 1.67. The van der Waals surface area contributed by atoms with Crippen molar-refractivity contribution in [1.82, 2.24) is 15.1 Å². The Bertz CT molecular complexity index is 1310. The van der Waals surface area contributed by atoms with Gasteiger partial charge in [0.2, 0.25) is 5.91 Å². The quantitative estimate of drug-likeness (QED) is 0.430. The smallest absolute Gasteiger partial charge is 0.255 e. The zero-order chi connectivity index (χ0) is 24.1. The lowest BCUT2D eigenvalue weighted by molar-refractivity contribution is -0.115. The number of aryl methyl sites for hydroxylation is 2. The molecule has 0 radical (unpaired) electrons.